The highest BCUT2D eigenvalue weighted by Crippen LogP contribution is 2.65. The molecule has 2 nitrogen and oxygen atoms in total. The lowest BCUT2D eigenvalue weighted by Crippen LogP contribution is -2.47. The number of fused-ring (bicyclic) bond motifs is 13. The molecular weight excluding hydrogens is 667 g/mol. The summed E-state index contributed by atoms with van der Waals surface area (Å²) in [4.78, 5) is 2.61. The van der Waals surface area contributed by atoms with Crippen LogP contribution in [0.25, 0.3) is 44.2 Å². The van der Waals surface area contributed by atoms with E-state index in [0.717, 1.165) is 17.1 Å². The van der Waals surface area contributed by atoms with Gasteiger partial charge in [-0.25, -0.2) is 0 Å². The SMILES string of the molecule is CCC1CC(CC)C2(c3ccccc3-c3c(N(c4ccc5c(c4)C4(CCCC4)c4ccccc4-5)c4ccc5oc6ccccc6c5c4)cccc32)C(CC)C1. The van der Waals surface area contributed by atoms with Crippen molar-refractivity contribution in [1.82, 2.24) is 0 Å². The lowest BCUT2D eigenvalue weighted by molar-refractivity contribution is 0.0905. The molecule has 6 aromatic carbocycles. The van der Waals surface area contributed by atoms with Gasteiger partial charge in [-0.1, -0.05) is 138 Å². The van der Waals surface area contributed by atoms with Gasteiger partial charge in [0.2, 0.25) is 0 Å². The summed E-state index contributed by atoms with van der Waals surface area (Å²) >= 11 is 0. The van der Waals surface area contributed by atoms with Gasteiger partial charge in [0.15, 0.2) is 0 Å². The maximum atomic E-state index is 6.40. The molecule has 2 saturated carbocycles. The molecule has 0 amide bonds. The highest BCUT2D eigenvalue weighted by Gasteiger charge is 2.56. The summed E-state index contributed by atoms with van der Waals surface area (Å²) < 4.78 is 6.40. The molecule has 2 spiro atoms. The van der Waals surface area contributed by atoms with E-state index in [4.69, 9.17) is 4.42 Å². The normalized spacial score (nSPS) is 23.0. The maximum absolute atomic E-state index is 6.40. The van der Waals surface area contributed by atoms with Gasteiger partial charge < -0.3 is 9.32 Å². The van der Waals surface area contributed by atoms with Crippen molar-refractivity contribution < 1.29 is 4.42 Å². The largest absolute Gasteiger partial charge is 0.456 e. The van der Waals surface area contributed by atoms with Gasteiger partial charge in [0, 0.05) is 38.5 Å². The predicted octanol–water partition coefficient (Wildman–Crippen LogP) is 15.0. The van der Waals surface area contributed by atoms with Crippen molar-refractivity contribution in [2.45, 2.75) is 89.4 Å². The Balaban J connectivity index is 1.19. The van der Waals surface area contributed by atoms with Gasteiger partial charge in [-0.3, -0.25) is 0 Å². The molecule has 0 bridgehead atoms. The lowest BCUT2D eigenvalue weighted by atomic mass is 9.52. The fourth-order valence-corrected chi connectivity index (χ4v) is 12.7. The highest BCUT2D eigenvalue weighted by atomic mass is 16.3. The maximum Gasteiger partial charge on any atom is 0.135 e. The zero-order valence-corrected chi connectivity index (χ0v) is 32.6. The van der Waals surface area contributed by atoms with Crippen molar-refractivity contribution in [2.24, 2.45) is 17.8 Å². The van der Waals surface area contributed by atoms with Crippen molar-refractivity contribution in [3.05, 3.63) is 150 Å². The smallest absolute Gasteiger partial charge is 0.135 e. The molecule has 4 aliphatic rings. The monoisotopic (exact) mass is 717 g/mol. The molecule has 1 aromatic heterocycles. The standard InChI is InChI=1S/C53H51NO/c1-4-34-30-35(5-2)53(36(6-3)31-34)45-20-11-8-18-42(45)51-46(53)21-15-22-48(51)54(37-25-27-50-43(32-37)41-17-9-12-23-49(41)55-50)38-24-26-40-39-16-7-10-19-44(39)52(47(40)33-38)28-13-14-29-52/h7-12,15-27,32-36H,4-6,13-14,28-31H2,1-3H3. The van der Waals surface area contributed by atoms with Gasteiger partial charge in [-0.15, -0.1) is 0 Å². The van der Waals surface area contributed by atoms with Crippen LogP contribution in [0.3, 0.4) is 0 Å². The molecule has 0 saturated heterocycles. The number of para-hydroxylation sites is 1. The van der Waals surface area contributed by atoms with Gasteiger partial charge in [0.25, 0.3) is 0 Å². The fourth-order valence-electron chi connectivity index (χ4n) is 12.7. The Kier molecular flexibility index (Phi) is 7.54. The zero-order valence-electron chi connectivity index (χ0n) is 32.6. The number of nitrogens with zero attached hydrogens (tertiary/aromatic N) is 1. The Morgan fingerprint density at radius 1 is 0.545 bits per heavy atom. The van der Waals surface area contributed by atoms with E-state index in [-0.39, 0.29) is 10.8 Å². The third kappa shape index (κ3) is 4.49. The van der Waals surface area contributed by atoms with Crippen LogP contribution in [0.4, 0.5) is 17.1 Å². The van der Waals surface area contributed by atoms with Crippen LogP contribution in [0.15, 0.2) is 132 Å². The Labute approximate surface area is 326 Å². The van der Waals surface area contributed by atoms with Gasteiger partial charge in [-0.05, 0) is 125 Å². The van der Waals surface area contributed by atoms with Gasteiger partial charge in [0.05, 0.1) is 5.69 Å². The average Bonchev–Trinajstić information content (AvgIpc) is 4.01. The summed E-state index contributed by atoms with van der Waals surface area (Å²) in [5.74, 6) is 2.01. The molecule has 7 aromatic rings. The first-order chi connectivity index (χ1) is 27.1. The van der Waals surface area contributed by atoms with E-state index in [9.17, 15) is 0 Å². The number of hydrogen-bond acceptors (Lipinski definition) is 2. The van der Waals surface area contributed by atoms with E-state index in [1.807, 2.05) is 0 Å². The topological polar surface area (TPSA) is 16.4 Å². The van der Waals surface area contributed by atoms with E-state index in [0.29, 0.717) is 11.8 Å². The molecule has 2 unspecified atom stereocenters. The van der Waals surface area contributed by atoms with Crippen molar-refractivity contribution in [3.8, 4) is 22.3 Å². The molecular formula is C53H51NO. The Bertz CT molecular complexity index is 2600. The van der Waals surface area contributed by atoms with Gasteiger partial charge >= 0.3 is 0 Å². The molecule has 11 rings (SSSR count). The fraction of sp³-hybridized carbons (Fsp3) is 0.321. The first-order valence-electron chi connectivity index (χ1n) is 21.3. The molecule has 0 aliphatic heterocycles. The van der Waals surface area contributed by atoms with Gasteiger partial charge in [0.1, 0.15) is 11.2 Å². The van der Waals surface area contributed by atoms with E-state index < -0.39 is 0 Å². The second-order valence-electron chi connectivity index (χ2n) is 17.2. The van der Waals surface area contributed by atoms with Crippen molar-refractivity contribution in [3.63, 3.8) is 0 Å². The first-order valence-corrected chi connectivity index (χ1v) is 21.3. The summed E-state index contributed by atoms with van der Waals surface area (Å²) in [6.45, 7) is 7.33. The zero-order chi connectivity index (χ0) is 36.9. The molecule has 0 radical (unpaired) electrons. The van der Waals surface area contributed by atoms with Crippen LogP contribution in [0.1, 0.15) is 101 Å². The van der Waals surface area contributed by atoms with Crippen LogP contribution in [-0.4, -0.2) is 0 Å². The second kappa shape index (κ2) is 12.5. The Morgan fingerprint density at radius 2 is 1.18 bits per heavy atom. The summed E-state index contributed by atoms with van der Waals surface area (Å²) in [7, 11) is 0. The summed E-state index contributed by atoms with van der Waals surface area (Å²) in [5, 5.41) is 2.33. The van der Waals surface area contributed by atoms with Crippen LogP contribution in [0, 0.1) is 17.8 Å². The quantitative estimate of drug-likeness (QED) is 0.170. The Morgan fingerprint density at radius 3 is 1.96 bits per heavy atom. The number of hydrogen-bond donors (Lipinski definition) is 0. The van der Waals surface area contributed by atoms with Crippen LogP contribution in [-0.2, 0) is 10.8 Å². The Hall–Kier alpha value is -5.08. The number of benzene rings is 6. The minimum atomic E-state index is 0.0149. The summed E-state index contributed by atoms with van der Waals surface area (Å²) in [5.41, 5.74) is 17.6. The molecule has 274 valence electrons. The number of anilines is 3. The first kappa shape index (κ1) is 33.3. The minimum absolute atomic E-state index is 0.0149. The summed E-state index contributed by atoms with van der Waals surface area (Å²) in [6.07, 6.45) is 11.3. The van der Waals surface area contributed by atoms with Crippen molar-refractivity contribution in [1.29, 1.82) is 0 Å². The van der Waals surface area contributed by atoms with Crippen molar-refractivity contribution in [2.75, 3.05) is 4.90 Å². The van der Waals surface area contributed by atoms with Crippen LogP contribution < -0.4 is 4.90 Å². The lowest BCUT2D eigenvalue weighted by Gasteiger charge is -2.51. The molecule has 2 heteroatoms. The van der Waals surface area contributed by atoms with Crippen LogP contribution in [0.5, 0.6) is 0 Å². The van der Waals surface area contributed by atoms with E-state index in [1.54, 1.807) is 11.1 Å². The predicted molar refractivity (Wildman–Crippen MR) is 230 cm³/mol. The number of furan rings is 1. The molecule has 55 heavy (non-hydrogen) atoms. The molecule has 0 N–H and O–H groups in total. The molecule has 4 aliphatic carbocycles. The van der Waals surface area contributed by atoms with Gasteiger partial charge in [-0.2, -0.15) is 0 Å². The average molecular weight is 718 g/mol. The van der Waals surface area contributed by atoms with Crippen molar-refractivity contribution >= 4 is 39.0 Å². The molecule has 1 heterocycles. The van der Waals surface area contributed by atoms with Crippen LogP contribution in [0.2, 0.25) is 0 Å². The number of rotatable bonds is 6. The van der Waals surface area contributed by atoms with E-state index >= 15 is 0 Å². The highest BCUT2D eigenvalue weighted by molar-refractivity contribution is 6.07. The van der Waals surface area contributed by atoms with E-state index in [2.05, 4.69) is 153 Å². The molecule has 2 fully saturated rings. The summed E-state index contributed by atoms with van der Waals surface area (Å²) in [6, 6.07) is 48.9. The second-order valence-corrected chi connectivity index (χ2v) is 17.2. The minimum Gasteiger partial charge on any atom is -0.456 e. The van der Waals surface area contributed by atoms with E-state index in [1.165, 1.54) is 119 Å². The van der Waals surface area contributed by atoms with Crippen LogP contribution >= 0.6 is 0 Å². The molecule has 2 atom stereocenters. The third-order valence-electron chi connectivity index (χ3n) is 15.0. The third-order valence-corrected chi connectivity index (χ3v) is 15.0.